The molecule has 0 atom stereocenters. The molecule has 4 rings (SSSR count). The number of nitrogens with zero attached hydrogens (tertiary/aromatic N) is 2. The summed E-state index contributed by atoms with van der Waals surface area (Å²) in [6.07, 6.45) is 0. The largest absolute Gasteiger partial charge is 0.478 e. The lowest BCUT2D eigenvalue weighted by atomic mass is 10.0. The van der Waals surface area contributed by atoms with Crippen LogP contribution in [0.4, 0.5) is 5.69 Å². The van der Waals surface area contributed by atoms with E-state index < -0.39 is 5.97 Å². The minimum atomic E-state index is -1.01. The van der Waals surface area contributed by atoms with Crippen LogP contribution in [-0.4, -0.2) is 21.0 Å². The van der Waals surface area contributed by atoms with Crippen LogP contribution in [0.15, 0.2) is 48.5 Å². The monoisotopic (exact) mass is 289 g/mol. The van der Waals surface area contributed by atoms with E-state index in [2.05, 4.69) is 9.97 Å². The molecule has 3 aromatic carbocycles. The Kier molecular flexibility index (Phi) is 2.50. The highest BCUT2D eigenvalue weighted by Gasteiger charge is 2.15. The van der Waals surface area contributed by atoms with E-state index in [4.69, 9.17) is 5.73 Å². The Morgan fingerprint density at radius 1 is 0.909 bits per heavy atom. The van der Waals surface area contributed by atoms with Crippen LogP contribution in [0.2, 0.25) is 0 Å². The van der Waals surface area contributed by atoms with Gasteiger partial charge in [0.15, 0.2) is 0 Å². The number of fused-ring (bicyclic) bond motifs is 4. The second-order valence-electron chi connectivity index (χ2n) is 5.08. The normalized spacial score (nSPS) is 11.3. The second kappa shape index (κ2) is 4.39. The van der Waals surface area contributed by atoms with E-state index >= 15 is 0 Å². The van der Waals surface area contributed by atoms with Crippen LogP contribution in [0, 0.1) is 0 Å². The van der Waals surface area contributed by atoms with Crippen molar-refractivity contribution in [3.05, 3.63) is 54.1 Å². The van der Waals surface area contributed by atoms with E-state index in [9.17, 15) is 9.90 Å². The maximum Gasteiger partial charge on any atom is 0.336 e. The average molecular weight is 289 g/mol. The van der Waals surface area contributed by atoms with Crippen molar-refractivity contribution in [3.63, 3.8) is 0 Å². The molecule has 0 aliphatic heterocycles. The number of para-hydroxylation sites is 2. The molecule has 0 fully saturated rings. The first-order valence-electron chi connectivity index (χ1n) is 6.76. The maximum atomic E-state index is 11.5. The van der Waals surface area contributed by atoms with Crippen molar-refractivity contribution in [1.82, 2.24) is 9.97 Å². The predicted octanol–water partition coefficient (Wildman–Crippen LogP) is 3.22. The Morgan fingerprint density at radius 2 is 1.64 bits per heavy atom. The zero-order valence-corrected chi connectivity index (χ0v) is 11.4. The summed E-state index contributed by atoms with van der Waals surface area (Å²) < 4.78 is 0. The van der Waals surface area contributed by atoms with Gasteiger partial charge in [-0.3, -0.25) is 0 Å². The quantitative estimate of drug-likeness (QED) is 0.319. The van der Waals surface area contributed by atoms with Crippen molar-refractivity contribution in [2.24, 2.45) is 0 Å². The van der Waals surface area contributed by atoms with E-state index in [0.29, 0.717) is 27.5 Å². The second-order valence-corrected chi connectivity index (χ2v) is 5.08. The van der Waals surface area contributed by atoms with Crippen LogP contribution < -0.4 is 5.73 Å². The number of aromatic nitrogens is 2. The van der Waals surface area contributed by atoms with Gasteiger partial charge >= 0.3 is 5.97 Å². The Balaban J connectivity index is 2.28. The summed E-state index contributed by atoms with van der Waals surface area (Å²) in [6.45, 7) is 0. The van der Waals surface area contributed by atoms with E-state index in [0.717, 1.165) is 11.0 Å². The molecule has 0 amide bonds. The number of carbonyl (C=O) groups is 1. The Morgan fingerprint density at radius 3 is 2.36 bits per heavy atom. The van der Waals surface area contributed by atoms with Gasteiger partial charge in [0.05, 0.1) is 27.6 Å². The van der Waals surface area contributed by atoms with Crippen molar-refractivity contribution >= 4 is 44.5 Å². The van der Waals surface area contributed by atoms with Crippen molar-refractivity contribution in [2.45, 2.75) is 0 Å². The number of rotatable bonds is 1. The number of hydrogen-bond acceptors (Lipinski definition) is 4. The van der Waals surface area contributed by atoms with Crippen molar-refractivity contribution in [3.8, 4) is 0 Å². The molecule has 1 aromatic heterocycles. The summed E-state index contributed by atoms with van der Waals surface area (Å²) in [5, 5.41) is 10.7. The van der Waals surface area contributed by atoms with Crippen molar-refractivity contribution in [1.29, 1.82) is 0 Å². The summed E-state index contributed by atoms with van der Waals surface area (Å²) in [7, 11) is 0. The van der Waals surface area contributed by atoms with Crippen LogP contribution in [-0.2, 0) is 0 Å². The average Bonchev–Trinajstić information content (AvgIpc) is 2.53. The van der Waals surface area contributed by atoms with Crippen molar-refractivity contribution < 1.29 is 9.90 Å². The van der Waals surface area contributed by atoms with Crippen LogP contribution in [0.25, 0.3) is 32.8 Å². The van der Waals surface area contributed by atoms with Gasteiger partial charge in [0.25, 0.3) is 0 Å². The van der Waals surface area contributed by atoms with Gasteiger partial charge in [0.2, 0.25) is 0 Å². The fourth-order valence-electron chi connectivity index (χ4n) is 2.72. The molecule has 5 nitrogen and oxygen atoms in total. The summed E-state index contributed by atoms with van der Waals surface area (Å²) in [5.41, 5.74) is 9.40. The molecule has 0 spiro atoms. The van der Waals surface area contributed by atoms with Crippen molar-refractivity contribution in [2.75, 3.05) is 5.73 Å². The van der Waals surface area contributed by atoms with Gasteiger partial charge in [-0.1, -0.05) is 12.1 Å². The number of nitrogens with two attached hydrogens (primary N) is 1. The zero-order chi connectivity index (χ0) is 15.3. The minimum absolute atomic E-state index is 0.180. The molecule has 0 radical (unpaired) electrons. The number of carboxylic acids is 1. The van der Waals surface area contributed by atoms with Gasteiger partial charge in [0.1, 0.15) is 0 Å². The van der Waals surface area contributed by atoms with E-state index in [1.807, 2.05) is 30.3 Å². The molecule has 0 aliphatic rings. The third-order valence-electron chi connectivity index (χ3n) is 3.75. The van der Waals surface area contributed by atoms with E-state index in [1.165, 1.54) is 6.07 Å². The molecule has 4 aromatic rings. The molecule has 106 valence electrons. The van der Waals surface area contributed by atoms with E-state index in [1.54, 1.807) is 12.1 Å². The summed E-state index contributed by atoms with van der Waals surface area (Å²) >= 11 is 0. The number of carboxylic acid groups (broad SMARTS) is 1. The molecule has 22 heavy (non-hydrogen) atoms. The number of aromatic carboxylic acids is 1. The Labute approximate surface area is 125 Å². The molecule has 1 heterocycles. The molecule has 3 N–H and O–H groups in total. The van der Waals surface area contributed by atoms with Gasteiger partial charge in [-0.25, -0.2) is 14.8 Å². The maximum absolute atomic E-state index is 11.5. The lowest BCUT2D eigenvalue weighted by molar-refractivity contribution is 0.0699. The summed E-state index contributed by atoms with van der Waals surface area (Å²) in [4.78, 5) is 20.7. The number of anilines is 1. The summed E-state index contributed by atoms with van der Waals surface area (Å²) in [5.74, 6) is -1.01. The smallest absolute Gasteiger partial charge is 0.336 e. The first-order chi connectivity index (χ1) is 10.6. The molecule has 5 heteroatoms. The topological polar surface area (TPSA) is 89.1 Å². The standard InChI is InChI=1S/C17H11N3O2/c18-11-7-5-10(17(21)22)15-9(11)6-8-14-16(15)20-13-4-2-1-3-12(13)19-14/h1-8H,18H2,(H,21,22). The van der Waals surface area contributed by atoms with Gasteiger partial charge < -0.3 is 10.8 Å². The molecule has 0 bridgehead atoms. The highest BCUT2D eigenvalue weighted by Crippen LogP contribution is 2.31. The van der Waals surface area contributed by atoms with Crippen LogP contribution in [0.3, 0.4) is 0 Å². The molecule has 0 saturated carbocycles. The number of nitrogen functional groups attached to an aromatic ring is 1. The SMILES string of the molecule is Nc1ccc(C(=O)O)c2c1ccc1nc3ccccc3nc12. The van der Waals surface area contributed by atoms with Crippen LogP contribution >= 0.6 is 0 Å². The third kappa shape index (κ3) is 1.69. The molecule has 0 saturated heterocycles. The van der Waals surface area contributed by atoms with Gasteiger partial charge in [-0.2, -0.15) is 0 Å². The first-order valence-corrected chi connectivity index (χ1v) is 6.76. The lowest BCUT2D eigenvalue weighted by Gasteiger charge is -2.09. The Bertz CT molecular complexity index is 1070. The zero-order valence-electron chi connectivity index (χ0n) is 11.4. The first kappa shape index (κ1) is 12.5. The van der Waals surface area contributed by atoms with Gasteiger partial charge in [0, 0.05) is 16.5 Å². The fraction of sp³-hybridized carbons (Fsp3) is 0. The van der Waals surface area contributed by atoms with Gasteiger partial charge in [-0.15, -0.1) is 0 Å². The molecular weight excluding hydrogens is 278 g/mol. The van der Waals surface area contributed by atoms with Crippen LogP contribution in [0.5, 0.6) is 0 Å². The fourth-order valence-corrected chi connectivity index (χ4v) is 2.72. The van der Waals surface area contributed by atoms with Gasteiger partial charge in [-0.05, 0) is 36.4 Å². The summed E-state index contributed by atoms with van der Waals surface area (Å²) in [6, 6.07) is 14.2. The Hall–Kier alpha value is -3.21. The predicted molar refractivity (Wildman–Crippen MR) is 85.9 cm³/mol. The minimum Gasteiger partial charge on any atom is -0.478 e. The van der Waals surface area contributed by atoms with Crippen LogP contribution in [0.1, 0.15) is 10.4 Å². The highest BCUT2D eigenvalue weighted by atomic mass is 16.4. The lowest BCUT2D eigenvalue weighted by Crippen LogP contribution is -2.01. The number of benzene rings is 3. The van der Waals surface area contributed by atoms with E-state index in [-0.39, 0.29) is 5.56 Å². The molecular formula is C17H11N3O2. The number of hydrogen-bond donors (Lipinski definition) is 2. The molecule has 0 unspecified atom stereocenters. The highest BCUT2D eigenvalue weighted by molar-refractivity contribution is 6.17. The third-order valence-corrected chi connectivity index (χ3v) is 3.75. The molecule has 0 aliphatic carbocycles.